The molecule has 0 radical (unpaired) electrons. The molecule has 3 aromatic carbocycles. The van der Waals surface area contributed by atoms with Gasteiger partial charge < -0.3 is 4.90 Å². The van der Waals surface area contributed by atoms with Crippen molar-refractivity contribution in [1.29, 1.82) is 0 Å². The summed E-state index contributed by atoms with van der Waals surface area (Å²) in [6, 6.07) is 21.4. The third kappa shape index (κ3) is 7.71. The maximum Gasteiger partial charge on any atom is 0.155 e. The number of rotatable bonds is 11. The lowest BCUT2D eigenvalue weighted by atomic mass is 9.90. The summed E-state index contributed by atoms with van der Waals surface area (Å²) in [5.41, 5.74) is 2.65. The molecule has 0 amide bonds. The minimum Gasteiger partial charge on any atom is -0.309 e. The second kappa shape index (κ2) is 12.1. The molecule has 9 heteroatoms. The Balaban J connectivity index is 1.58. The molecule has 1 aliphatic rings. The molecule has 198 valence electrons. The zero-order chi connectivity index (χ0) is 26.6. The van der Waals surface area contributed by atoms with Gasteiger partial charge in [-0.3, -0.25) is 4.90 Å². The van der Waals surface area contributed by atoms with E-state index in [4.69, 9.17) is 23.2 Å². The Labute approximate surface area is 233 Å². The van der Waals surface area contributed by atoms with Crippen molar-refractivity contribution in [2.45, 2.75) is 16.5 Å². The first-order valence-corrected chi connectivity index (χ1v) is 15.6. The minimum atomic E-state index is -3.47. The van der Waals surface area contributed by atoms with Gasteiger partial charge in [0, 0.05) is 35.4 Å². The molecule has 4 nitrogen and oxygen atoms in total. The van der Waals surface area contributed by atoms with Crippen LogP contribution in [0.15, 0.2) is 72.8 Å². The molecule has 0 atom stereocenters. The monoisotopic (exact) mass is 580 g/mol. The van der Waals surface area contributed by atoms with Crippen LogP contribution in [0.25, 0.3) is 0 Å². The highest BCUT2D eigenvalue weighted by Crippen LogP contribution is 2.44. The fourth-order valence-electron chi connectivity index (χ4n) is 4.78. The number of hydrogen-bond donors (Lipinski definition) is 0. The average Bonchev–Trinajstić information content (AvgIpc) is 2.79. The number of nitrogens with zero attached hydrogens (tertiary/aromatic N) is 2. The van der Waals surface area contributed by atoms with E-state index in [0.717, 1.165) is 23.4 Å². The number of benzene rings is 3. The summed E-state index contributed by atoms with van der Waals surface area (Å²) < 4.78 is 39.9. The van der Waals surface area contributed by atoms with Gasteiger partial charge in [-0.15, -0.1) is 0 Å². The van der Waals surface area contributed by atoms with E-state index < -0.39 is 20.4 Å². The Kier molecular flexibility index (Phi) is 9.25. The molecule has 3 aromatic rings. The Bertz CT molecular complexity index is 1250. The van der Waals surface area contributed by atoms with Crippen molar-refractivity contribution in [2.24, 2.45) is 0 Å². The van der Waals surface area contributed by atoms with Crippen molar-refractivity contribution in [2.75, 3.05) is 45.2 Å². The molecule has 37 heavy (non-hydrogen) atoms. The summed E-state index contributed by atoms with van der Waals surface area (Å²) in [6.45, 7) is 2.08. The number of hydrogen-bond acceptors (Lipinski definition) is 5. The van der Waals surface area contributed by atoms with Crippen LogP contribution in [0.2, 0.25) is 10.0 Å². The highest BCUT2D eigenvalue weighted by molar-refractivity contribution is 8.02. The Morgan fingerprint density at radius 3 is 2.05 bits per heavy atom. The molecule has 0 N–H and O–H groups in total. The second-order valence-corrected chi connectivity index (χ2v) is 14.4. The predicted molar refractivity (Wildman–Crippen MR) is 154 cm³/mol. The topological polar surface area (TPSA) is 40.6 Å². The number of sulfone groups is 1. The standard InChI is InChI=1S/C28H31Cl2FN2O2S2/c1-32(2)14-15-36-28(20-37(34,35)17-21-4-3-5-26(31)16-21)18-33(19-28)27(22-6-10-24(29)11-7-22)23-8-12-25(30)13-9-23/h3-13,16,27H,14-15,17-20H2,1-2H3. The van der Waals surface area contributed by atoms with Crippen LogP contribution in [0.3, 0.4) is 0 Å². The summed E-state index contributed by atoms with van der Waals surface area (Å²) in [6.07, 6.45) is 0. The maximum absolute atomic E-state index is 13.7. The van der Waals surface area contributed by atoms with E-state index in [2.05, 4.69) is 9.80 Å². The van der Waals surface area contributed by atoms with Crippen LogP contribution in [0.5, 0.6) is 0 Å². The minimum absolute atomic E-state index is 0.0407. The molecule has 0 spiro atoms. The highest BCUT2D eigenvalue weighted by Gasteiger charge is 2.49. The van der Waals surface area contributed by atoms with Crippen molar-refractivity contribution in [3.63, 3.8) is 0 Å². The van der Waals surface area contributed by atoms with Gasteiger partial charge in [0.25, 0.3) is 0 Å². The van der Waals surface area contributed by atoms with Crippen LogP contribution in [-0.4, -0.2) is 68.2 Å². The first kappa shape index (κ1) is 28.4. The molecule has 0 unspecified atom stereocenters. The average molecular weight is 582 g/mol. The number of thioether (sulfide) groups is 1. The summed E-state index contributed by atoms with van der Waals surface area (Å²) >= 11 is 14.0. The summed E-state index contributed by atoms with van der Waals surface area (Å²) in [5.74, 6) is 0.270. The fraction of sp³-hybridized carbons (Fsp3) is 0.357. The van der Waals surface area contributed by atoms with E-state index in [-0.39, 0.29) is 17.5 Å². The Hall–Kier alpha value is -1.61. The molecular formula is C28H31Cl2FN2O2S2. The third-order valence-corrected chi connectivity index (χ3v) is 10.3. The summed E-state index contributed by atoms with van der Waals surface area (Å²) in [5, 5.41) is 1.33. The Morgan fingerprint density at radius 2 is 1.54 bits per heavy atom. The molecule has 1 saturated heterocycles. The zero-order valence-corrected chi connectivity index (χ0v) is 24.1. The number of likely N-dealkylation sites (tertiary alicyclic amines) is 1. The van der Waals surface area contributed by atoms with Crippen molar-refractivity contribution in [1.82, 2.24) is 9.80 Å². The van der Waals surface area contributed by atoms with Gasteiger partial charge in [-0.25, -0.2) is 12.8 Å². The van der Waals surface area contributed by atoms with Crippen molar-refractivity contribution < 1.29 is 12.8 Å². The SMILES string of the molecule is CN(C)CCSC1(CS(=O)(=O)Cc2cccc(F)c2)CN(C(c2ccc(Cl)cc2)c2ccc(Cl)cc2)C1. The van der Waals surface area contributed by atoms with Crippen LogP contribution < -0.4 is 0 Å². The van der Waals surface area contributed by atoms with Crippen LogP contribution in [0.4, 0.5) is 4.39 Å². The number of halogens is 3. The van der Waals surface area contributed by atoms with Crippen molar-refractivity contribution in [3.05, 3.63) is 105 Å². The van der Waals surface area contributed by atoms with Crippen molar-refractivity contribution in [3.8, 4) is 0 Å². The van der Waals surface area contributed by atoms with Crippen LogP contribution in [0, 0.1) is 5.82 Å². The van der Waals surface area contributed by atoms with Gasteiger partial charge in [0.15, 0.2) is 9.84 Å². The molecule has 4 rings (SSSR count). The summed E-state index contributed by atoms with van der Waals surface area (Å²) in [4.78, 5) is 4.41. The maximum atomic E-state index is 13.7. The third-order valence-electron chi connectivity index (χ3n) is 6.42. The van der Waals surface area contributed by atoms with Gasteiger partial charge in [0.1, 0.15) is 5.82 Å². The zero-order valence-electron chi connectivity index (χ0n) is 20.9. The smallest absolute Gasteiger partial charge is 0.155 e. The predicted octanol–water partition coefficient (Wildman–Crippen LogP) is 6.19. The molecule has 0 aromatic heterocycles. The van der Waals surface area contributed by atoms with Crippen molar-refractivity contribution >= 4 is 44.8 Å². The van der Waals surface area contributed by atoms with E-state index in [9.17, 15) is 12.8 Å². The van der Waals surface area contributed by atoms with Gasteiger partial charge in [0.2, 0.25) is 0 Å². The molecule has 1 fully saturated rings. The normalized spacial score (nSPS) is 15.8. The molecule has 1 aliphatic heterocycles. The molecular weight excluding hydrogens is 550 g/mol. The summed E-state index contributed by atoms with van der Waals surface area (Å²) in [7, 11) is 0.551. The van der Waals surface area contributed by atoms with Gasteiger partial charge in [-0.05, 0) is 67.2 Å². The van der Waals surface area contributed by atoms with Crippen LogP contribution in [0.1, 0.15) is 22.7 Å². The van der Waals surface area contributed by atoms with E-state index in [0.29, 0.717) is 28.7 Å². The van der Waals surface area contributed by atoms with Gasteiger partial charge in [0.05, 0.1) is 22.3 Å². The molecule has 1 heterocycles. The van der Waals surface area contributed by atoms with E-state index in [1.165, 1.54) is 12.1 Å². The fourth-order valence-corrected chi connectivity index (χ4v) is 9.08. The lowest BCUT2D eigenvalue weighted by Crippen LogP contribution is -2.63. The van der Waals surface area contributed by atoms with Crippen LogP contribution in [-0.2, 0) is 15.6 Å². The molecule has 0 saturated carbocycles. The van der Waals surface area contributed by atoms with Crippen LogP contribution >= 0.6 is 35.0 Å². The second-order valence-electron chi connectivity index (χ2n) is 9.91. The van der Waals surface area contributed by atoms with E-state index in [1.807, 2.05) is 62.6 Å². The molecule has 0 bridgehead atoms. The van der Waals surface area contributed by atoms with Gasteiger partial charge in [-0.2, -0.15) is 11.8 Å². The quantitative estimate of drug-likeness (QED) is 0.270. The highest BCUT2D eigenvalue weighted by atomic mass is 35.5. The Morgan fingerprint density at radius 1 is 0.973 bits per heavy atom. The van der Waals surface area contributed by atoms with E-state index in [1.54, 1.807) is 23.9 Å². The van der Waals surface area contributed by atoms with E-state index >= 15 is 0 Å². The molecule has 0 aliphatic carbocycles. The first-order valence-electron chi connectivity index (χ1n) is 12.0. The first-order chi connectivity index (χ1) is 17.5. The lowest BCUT2D eigenvalue weighted by Gasteiger charge is -2.53. The largest absolute Gasteiger partial charge is 0.309 e. The van der Waals surface area contributed by atoms with Gasteiger partial charge in [-0.1, -0.05) is 59.6 Å². The van der Waals surface area contributed by atoms with Gasteiger partial charge >= 0.3 is 0 Å². The lowest BCUT2D eigenvalue weighted by molar-refractivity contribution is 0.103.